The van der Waals surface area contributed by atoms with Gasteiger partial charge in [-0.25, -0.2) is 4.68 Å². The Kier molecular flexibility index (Phi) is 3.34. The second-order valence-electron chi connectivity index (χ2n) is 4.07. The predicted molar refractivity (Wildman–Crippen MR) is 68.9 cm³/mol. The minimum absolute atomic E-state index is 0.0701. The molecule has 0 aliphatic rings. The second-order valence-corrected chi connectivity index (χ2v) is 4.42. The Hall–Kier alpha value is -1.88. The molecule has 0 atom stereocenters. The van der Waals surface area contributed by atoms with Crippen LogP contribution in [0, 0.1) is 24.0 Å². The van der Waals surface area contributed by atoms with Gasteiger partial charge in [0.15, 0.2) is 0 Å². The monoisotopic (exact) mass is 265 g/mol. The largest absolute Gasteiger partial charge is 0.328 e. The van der Waals surface area contributed by atoms with Crippen LogP contribution in [-0.2, 0) is 6.54 Å². The molecule has 0 radical (unpaired) electrons. The number of halogens is 1. The third-order valence-corrected chi connectivity index (χ3v) is 3.17. The Morgan fingerprint density at radius 1 is 1.39 bits per heavy atom. The molecule has 0 saturated carbocycles. The van der Waals surface area contributed by atoms with Gasteiger partial charge in [-0.05, 0) is 25.0 Å². The lowest BCUT2D eigenvalue weighted by atomic mass is 10.1. The quantitative estimate of drug-likeness (QED) is 0.633. The summed E-state index contributed by atoms with van der Waals surface area (Å²) < 4.78 is 1.46. The Morgan fingerprint density at radius 2 is 2.06 bits per heavy atom. The molecule has 0 unspecified atom stereocenters. The SMILES string of the molecule is Cc1ccccc1Cn1nc(C)c([N+](=O)[O-])c1Cl. The van der Waals surface area contributed by atoms with Crippen LogP contribution in [0.25, 0.3) is 0 Å². The van der Waals surface area contributed by atoms with E-state index in [0.717, 1.165) is 11.1 Å². The predicted octanol–water partition coefficient (Wildman–Crippen LogP) is 3.11. The minimum Gasteiger partial charge on any atom is -0.258 e. The van der Waals surface area contributed by atoms with Gasteiger partial charge in [-0.1, -0.05) is 35.9 Å². The summed E-state index contributed by atoms with van der Waals surface area (Å²) in [6.45, 7) is 3.99. The van der Waals surface area contributed by atoms with E-state index in [-0.39, 0.29) is 10.8 Å². The summed E-state index contributed by atoms with van der Waals surface area (Å²) in [7, 11) is 0. The van der Waals surface area contributed by atoms with Crippen molar-refractivity contribution >= 4 is 17.3 Å². The van der Waals surface area contributed by atoms with Crippen molar-refractivity contribution in [2.24, 2.45) is 0 Å². The number of aromatic nitrogens is 2. The van der Waals surface area contributed by atoms with Crippen LogP contribution < -0.4 is 0 Å². The standard InChI is InChI=1S/C12H12ClN3O2/c1-8-5-3-4-6-10(8)7-15-12(13)11(16(17)18)9(2)14-15/h3-6H,7H2,1-2H3. The van der Waals surface area contributed by atoms with Gasteiger partial charge in [0.05, 0.1) is 11.5 Å². The fourth-order valence-electron chi connectivity index (χ4n) is 1.80. The first kappa shape index (κ1) is 12.6. The van der Waals surface area contributed by atoms with Crippen LogP contribution in [0.15, 0.2) is 24.3 Å². The van der Waals surface area contributed by atoms with Crippen molar-refractivity contribution in [2.45, 2.75) is 20.4 Å². The molecule has 0 aliphatic heterocycles. The van der Waals surface area contributed by atoms with Crippen LogP contribution in [0.3, 0.4) is 0 Å². The molecular weight excluding hydrogens is 254 g/mol. The number of nitro groups is 1. The van der Waals surface area contributed by atoms with Crippen LogP contribution in [0.4, 0.5) is 5.69 Å². The van der Waals surface area contributed by atoms with E-state index in [9.17, 15) is 10.1 Å². The van der Waals surface area contributed by atoms with E-state index >= 15 is 0 Å². The van der Waals surface area contributed by atoms with Crippen LogP contribution in [0.2, 0.25) is 5.15 Å². The molecule has 0 spiro atoms. The zero-order valence-corrected chi connectivity index (χ0v) is 10.8. The third-order valence-electron chi connectivity index (χ3n) is 2.80. The highest BCUT2D eigenvalue weighted by molar-refractivity contribution is 6.31. The van der Waals surface area contributed by atoms with Crippen LogP contribution in [-0.4, -0.2) is 14.7 Å². The van der Waals surface area contributed by atoms with Crippen LogP contribution in [0.1, 0.15) is 16.8 Å². The molecule has 18 heavy (non-hydrogen) atoms. The van der Waals surface area contributed by atoms with Gasteiger partial charge < -0.3 is 0 Å². The molecule has 0 amide bonds. The third kappa shape index (κ3) is 2.22. The Morgan fingerprint density at radius 3 is 2.61 bits per heavy atom. The molecule has 0 N–H and O–H groups in total. The van der Waals surface area contributed by atoms with E-state index in [0.29, 0.717) is 12.2 Å². The summed E-state index contributed by atoms with van der Waals surface area (Å²) in [4.78, 5) is 10.3. The maximum atomic E-state index is 10.8. The van der Waals surface area contributed by atoms with Gasteiger partial charge in [-0.3, -0.25) is 10.1 Å². The van der Waals surface area contributed by atoms with Crippen molar-refractivity contribution < 1.29 is 4.92 Å². The fraction of sp³-hybridized carbons (Fsp3) is 0.250. The van der Waals surface area contributed by atoms with Crippen molar-refractivity contribution in [3.8, 4) is 0 Å². The van der Waals surface area contributed by atoms with Gasteiger partial charge in [-0.15, -0.1) is 0 Å². The first-order chi connectivity index (χ1) is 8.50. The molecule has 1 aromatic carbocycles. The van der Waals surface area contributed by atoms with Crippen molar-refractivity contribution in [3.05, 3.63) is 56.4 Å². The first-order valence-electron chi connectivity index (χ1n) is 5.42. The summed E-state index contributed by atoms with van der Waals surface area (Å²) in [5.74, 6) is 0. The van der Waals surface area contributed by atoms with Gasteiger partial charge in [0.2, 0.25) is 5.15 Å². The molecule has 0 saturated heterocycles. The summed E-state index contributed by atoms with van der Waals surface area (Å²) in [5, 5.41) is 15.0. The Labute approximate surface area is 109 Å². The molecule has 0 fully saturated rings. The molecule has 6 heteroatoms. The number of rotatable bonds is 3. The summed E-state index contributed by atoms with van der Waals surface area (Å²) in [6, 6.07) is 7.79. The summed E-state index contributed by atoms with van der Waals surface area (Å²) >= 11 is 5.99. The zero-order valence-electron chi connectivity index (χ0n) is 10.1. The van der Waals surface area contributed by atoms with E-state index < -0.39 is 4.92 Å². The molecule has 0 aliphatic carbocycles. The molecule has 1 aromatic heterocycles. The molecule has 2 rings (SSSR count). The van der Waals surface area contributed by atoms with Gasteiger partial charge >= 0.3 is 5.69 Å². The maximum absolute atomic E-state index is 10.8. The average Bonchev–Trinajstić information content (AvgIpc) is 2.57. The molecule has 5 nitrogen and oxygen atoms in total. The lowest BCUT2D eigenvalue weighted by molar-refractivity contribution is -0.385. The normalized spacial score (nSPS) is 10.6. The highest BCUT2D eigenvalue weighted by Gasteiger charge is 2.23. The maximum Gasteiger partial charge on any atom is 0.328 e. The van der Waals surface area contributed by atoms with E-state index in [2.05, 4.69) is 5.10 Å². The van der Waals surface area contributed by atoms with E-state index in [1.807, 2.05) is 31.2 Å². The zero-order chi connectivity index (χ0) is 13.3. The Bertz CT molecular complexity index is 607. The minimum atomic E-state index is -0.501. The van der Waals surface area contributed by atoms with E-state index in [1.165, 1.54) is 4.68 Å². The van der Waals surface area contributed by atoms with Crippen molar-refractivity contribution in [3.63, 3.8) is 0 Å². The Balaban J connectivity index is 2.39. The smallest absolute Gasteiger partial charge is 0.258 e. The average molecular weight is 266 g/mol. The van der Waals surface area contributed by atoms with E-state index in [4.69, 9.17) is 11.6 Å². The number of benzene rings is 1. The van der Waals surface area contributed by atoms with Gasteiger partial charge in [0.1, 0.15) is 5.69 Å². The lowest BCUT2D eigenvalue weighted by Crippen LogP contribution is -2.03. The number of aryl methyl sites for hydroxylation is 2. The fourth-order valence-corrected chi connectivity index (χ4v) is 2.11. The summed E-state index contributed by atoms with van der Waals surface area (Å²) in [5.41, 5.74) is 2.35. The van der Waals surface area contributed by atoms with Crippen molar-refractivity contribution in [1.29, 1.82) is 0 Å². The number of nitrogens with zero attached hydrogens (tertiary/aromatic N) is 3. The first-order valence-corrected chi connectivity index (χ1v) is 5.80. The van der Waals surface area contributed by atoms with Gasteiger partial charge in [0, 0.05) is 0 Å². The molecule has 94 valence electrons. The lowest BCUT2D eigenvalue weighted by Gasteiger charge is -2.05. The summed E-state index contributed by atoms with van der Waals surface area (Å²) in [6.07, 6.45) is 0. The molecular formula is C12H12ClN3O2. The van der Waals surface area contributed by atoms with Crippen LogP contribution >= 0.6 is 11.6 Å². The molecule has 0 bridgehead atoms. The van der Waals surface area contributed by atoms with Crippen molar-refractivity contribution in [1.82, 2.24) is 9.78 Å². The highest BCUT2D eigenvalue weighted by Crippen LogP contribution is 2.28. The highest BCUT2D eigenvalue weighted by atomic mass is 35.5. The van der Waals surface area contributed by atoms with Gasteiger partial charge in [0.25, 0.3) is 0 Å². The van der Waals surface area contributed by atoms with Crippen molar-refractivity contribution in [2.75, 3.05) is 0 Å². The van der Waals surface area contributed by atoms with Gasteiger partial charge in [-0.2, -0.15) is 5.10 Å². The molecule has 2 aromatic rings. The number of hydrogen-bond donors (Lipinski definition) is 0. The molecule has 1 heterocycles. The van der Waals surface area contributed by atoms with E-state index in [1.54, 1.807) is 6.92 Å². The number of hydrogen-bond acceptors (Lipinski definition) is 3. The topological polar surface area (TPSA) is 61.0 Å². The second kappa shape index (κ2) is 4.78. The van der Waals surface area contributed by atoms with Crippen LogP contribution in [0.5, 0.6) is 0 Å².